The topological polar surface area (TPSA) is 0 Å². The van der Waals surface area contributed by atoms with E-state index in [2.05, 4.69) is 80.7 Å². The fourth-order valence-corrected chi connectivity index (χ4v) is 5.75. The van der Waals surface area contributed by atoms with Crippen LogP contribution in [0.2, 0.25) is 0 Å². The van der Waals surface area contributed by atoms with Crippen molar-refractivity contribution in [2.75, 3.05) is 0 Å². The van der Waals surface area contributed by atoms with Gasteiger partial charge in [-0.15, -0.1) is 0 Å². The van der Waals surface area contributed by atoms with Crippen LogP contribution in [0.1, 0.15) is 60.3 Å². The third-order valence-electron chi connectivity index (χ3n) is 7.03. The van der Waals surface area contributed by atoms with Gasteiger partial charge in [-0.25, -0.2) is 0 Å². The number of allylic oxidation sites excluding steroid dienone is 2. The second-order valence-electron chi connectivity index (χ2n) is 8.76. The molecule has 0 radical (unpaired) electrons. The molecule has 3 unspecified atom stereocenters. The van der Waals surface area contributed by atoms with Crippen LogP contribution in [0.4, 0.5) is 0 Å². The standard InChI is InChI=1S/C28H28/c1-18(2)21-10-7-11-22(16-21)26-17-23-15-14-20-9-4-5-12-24(20)28(23)25-13-6-8-19(3)27(25)26/h4-5,7,9-12,14-16,25-27H,1,3,6,8,13,17H2,2H3. The van der Waals surface area contributed by atoms with Crippen molar-refractivity contribution in [1.29, 1.82) is 0 Å². The molecule has 2 aliphatic rings. The van der Waals surface area contributed by atoms with E-state index in [1.165, 1.54) is 46.7 Å². The lowest BCUT2D eigenvalue weighted by molar-refractivity contribution is 0.314. The largest absolute Gasteiger partial charge is 0.0995 e. The number of hydrogen-bond acceptors (Lipinski definition) is 0. The quantitative estimate of drug-likeness (QED) is 0.410. The average Bonchev–Trinajstić information content (AvgIpc) is 2.73. The Hall–Kier alpha value is -2.60. The van der Waals surface area contributed by atoms with E-state index in [4.69, 9.17) is 0 Å². The normalized spacial score (nSPS) is 23.9. The van der Waals surface area contributed by atoms with Crippen molar-refractivity contribution in [2.24, 2.45) is 5.92 Å². The molecule has 140 valence electrons. The molecule has 3 aromatic rings. The first kappa shape index (κ1) is 17.5. The van der Waals surface area contributed by atoms with E-state index >= 15 is 0 Å². The first-order valence-corrected chi connectivity index (χ1v) is 10.6. The third kappa shape index (κ3) is 2.75. The van der Waals surface area contributed by atoms with Crippen LogP contribution in [0.15, 0.2) is 79.4 Å². The Morgan fingerprint density at radius 3 is 2.68 bits per heavy atom. The van der Waals surface area contributed by atoms with Crippen LogP contribution in [0.25, 0.3) is 16.3 Å². The number of rotatable bonds is 2. The number of fused-ring (bicyclic) bond motifs is 5. The predicted molar refractivity (Wildman–Crippen MR) is 121 cm³/mol. The molecule has 0 heterocycles. The Labute approximate surface area is 168 Å². The van der Waals surface area contributed by atoms with E-state index < -0.39 is 0 Å². The molecule has 0 spiro atoms. The molecule has 5 rings (SSSR count). The maximum atomic E-state index is 4.57. The minimum atomic E-state index is 0.519. The highest BCUT2D eigenvalue weighted by Gasteiger charge is 2.41. The summed E-state index contributed by atoms with van der Waals surface area (Å²) in [6.45, 7) is 10.8. The highest BCUT2D eigenvalue weighted by molar-refractivity contribution is 5.88. The maximum Gasteiger partial charge on any atom is -0.00498 e. The summed E-state index contributed by atoms with van der Waals surface area (Å²) in [7, 11) is 0. The van der Waals surface area contributed by atoms with E-state index in [9.17, 15) is 0 Å². The molecule has 0 saturated heterocycles. The molecular formula is C28H28. The van der Waals surface area contributed by atoms with Crippen LogP contribution in [0.5, 0.6) is 0 Å². The molecule has 1 saturated carbocycles. The van der Waals surface area contributed by atoms with Gasteiger partial charge in [0.2, 0.25) is 0 Å². The highest BCUT2D eigenvalue weighted by atomic mass is 14.4. The molecular weight excluding hydrogens is 336 g/mol. The second kappa shape index (κ2) is 6.78. The molecule has 0 nitrogen and oxygen atoms in total. The Morgan fingerprint density at radius 1 is 0.964 bits per heavy atom. The van der Waals surface area contributed by atoms with E-state index in [1.54, 1.807) is 11.1 Å². The Balaban J connectivity index is 1.69. The Bertz CT molecular complexity index is 1080. The van der Waals surface area contributed by atoms with Crippen LogP contribution in [-0.2, 0) is 6.42 Å². The molecule has 0 aromatic heterocycles. The lowest BCUT2D eigenvalue weighted by Gasteiger charge is -2.45. The molecule has 0 aliphatic heterocycles. The van der Waals surface area contributed by atoms with Crippen molar-refractivity contribution in [1.82, 2.24) is 0 Å². The van der Waals surface area contributed by atoms with Crippen molar-refractivity contribution >= 4 is 16.3 Å². The summed E-state index contributed by atoms with van der Waals surface area (Å²) >= 11 is 0. The summed E-state index contributed by atoms with van der Waals surface area (Å²) in [5.41, 5.74) is 8.47. The summed E-state index contributed by atoms with van der Waals surface area (Å²) in [5, 5.41) is 2.83. The molecule has 0 N–H and O–H groups in total. The van der Waals surface area contributed by atoms with Crippen molar-refractivity contribution in [3.63, 3.8) is 0 Å². The van der Waals surface area contributed by atoms with Gasteiger partial charge in [0.15, 0.2) is 0 Å². The van der Waals surface area contributed by atoms with E-state index in [-0.39, 0.29) is 0 Å². The van der Waals surface area contributed by atoms with Gasteiger partial charge in [-0.2, -0.15) is 0 Å². The minimum Gasteiger partial charge on any atom is -0.0995 e. The zero-order valence-electron chi connectivity index (χ0n) is 16.7. The SMILES string of the molecule is C=C(C)c1cccc(C2Cc3ccc4ccccc4c3C3CCCC(=C)C23)c1. The van der Waals surface area contributed by atoms with Gasteiger partial charge in [-0.1, -0.05) is 85.0 Å². The monoisotopic (exact) mass is 364 g/mol. The summed E-state index contributed by atoms with van der Waals surface area (Å²) in [5.74, 6) is 1.66. The summed E-state index contributed by atoms with van der Waals surface area (Å²) in [6, 6.07) is 22.7. The van der Waals surface area contributed by atoms with E-state index in [0.29, 0.717) is 17.8 Å². The maximum absolute atomic E-state index is 4.57. The molecule has 1 fully saturated rings. The molecule has 0 bridgehead atoms. The van der Waals surface area contributed by atoms with Crippen LogP contribution in [0, 0.1) is 5.92 Å². The first-order valence-electron chi connectivity index (χ1n) is 10.6. The molecule has 0 heteroatoms. The van der Waals surface area contributed by atoms with Gasteiger partial charge in [-0.05, 0) is 83.4 Å². The van der Waals surface area contributed by atoms with Gasteiger partial charge >= 0.3 is 0 Å². The fraction of sp³-hybridized carbons (Fsp3) is 0.286. The third-order valence-corrected chi connectivity index (χ3v) is 7.03. The summed E-state index contributed by atoms with van der Waals surface area (Å²) in [4.78, 5) is 0. The van der Waals surface area contributed by atoms with Gasteiger partial charge in [0.25, 0.3) is 0 Å². The zero-order valence-corrected chi connectivity index (χ0v) is 16.7. The zero-order chi connectivity index (χ0) is 19.3. The minimum absolute atomic E-state index is 0.519. The first-order chi connectivity index (χ1) is 13.6. The number of hydrogen-bond donors (Lipinski definition) is 0. The fourth-order valence-electron chi connectivity index (χ4n) is 5.75. The van der Waals surface area contributed by atoms with Crippen molar-refractivity contribution < 1.29 is 0 Å². The van der Waals surface area contributed by atoms with Crippen molar-refractivity contribution in [3.8, 4) is 0 Å². The lowest BCUT2D eigenvalue weighted by atomic mass is 9.59. The Kier molecular flexibility index (Phi) is 4.23. The average molecular weight is 365 g/mol. The summed E-state index contributed by atoms with van der Waals surface area (Å²) < 4.78 is 0. The van der Waals surface area contributed by atoms with Gasteiger partial charge in [0.1, 0.15) is 0 Å². The van der Waals surface area contributed by atoms with Crippen LogP contribution in [-0.4, -0.2) is 0 Å². The van der Waals surface area contributed by atoms with Gasteiger partial charge in [0, 0.05) is 0 Å². The smallest absolute Gasteiger partial charge is 0.00498 e. The summed E-state index contributed by atoms with van der Waals surface area (Å²) in [6.07, 6.45) is 4.83. The van der Waals surface area contributed by atoms with E-state index in [1.807, 2.05) is 0 Å². The lowest BCUT2D eigenvalue weighted by Crippen LogP contribution is -2.32. The van der Waals surface area contributed by atoms with Gasteiger partial charge in [0.05, 0.1) is 0 Å². The number of benzene rings is 3. The van der Waals surface area contributed by atoms with Crippen molar-refractivity contribution in [2.45, 2.75) is 44.4 Å². The predicted octanol–water partition coefficient (Wildman–Crippen LogP) is 7.65. The van der Waals surface area contributed by atoms with Gasteiger partial charge < -0.3 is 0 Å². The molecule has 3 aromatic carbocycles. The highest BCUT2D eigenvalue weighted by Crippen LogP contribution is 2.54. The van der Waals surface area contributed by atoms with Crippen molar-refractivity contribution in [3.05, 3.63) is 102 Å². The van der Waals surface area contributed by atoms with Crippen LogP contribution >= 0.6 is 0 Å². The van der Waals surface area contributed by atoms with Crippen LogP contribution < -0.4 is 0 Å². The van der Waals surface area contributed by atoms with Gasteiger partial charge in [-0.3, -0.25) is 0 Å². The Morgan fingerprint density at radius 2 is 1.82 bits per heavy atom. The molecule has 28 heavy (non-hydrogen) atoms. The molecule has 2 aliphatic carbocycles. The molecule has 3 atom stereocenters. The molecule has 0 amide bonds. The van der Waals surface area contributed by atoms with E-state index in [0.717, 1.165) is 12.0 Å². The van der Waals surface area contributed by atoms with Crippen LogP contribution in [0.3, 0.4) is 0 Å². The second-order valence-corrected chi connectivity index (χ2v) is 8.76.